The molecule has 0 aliphatic carbocycles. The predicted octanol–water partition coefficient (Wildman–Crippen LogP) is 5.90. The van der Waals surface area contributed by atoms with E-state index in [2.05, 4.69) is 20.5 Å². The van der Waals surface area contributed by atoms with Crippen LogP contribution in [0.15, 0.2) is 87.2 Å². The third-order valence-corrected chi connectivity index (χ3v) is 3.98. The second-order valence-electron chi connectivity index (χ2n) is 6.21. The molecule has 0 radical (unpaired) electrons. The molecular formula is C21H17N5O6. The topological polar surface area (TPSA) is 148 Å². The number of carbonyl (C=O) groups is 1. The van der Waals surface area contributed by atoms with Gasteiger partial charge in [0.25, 0.3) is 5.69 Å². The molecule has 3 aromatic carbocycles. The molecule has 0 amide bonds. The summed E-state index contributed by atoms with van der Waals surface area (Å²) in [4.78, 5) is 20.7. The van der Waals surface area contributed by atoms with Gasteiger partial charge in [-0.2, -0.15) is 15.3 Å². The Morgan fingerprint density at radius 3 is 2.06 bits per heavy atom. The maximum atomic E-state index is 10.7. The van der Waals surface area contributed by atoms with Crippen molar-refractivity contribution in [1.82, 2.24) is 0 Å². The highest BCUT2D eigenvalue weighted by Gasteiger charge is 2.06. The van der Waals surface area contributed by atoms with Crippen LogP contribution in [0, 0.1) is 10.1 Å². The van der Waals surface area contributed by atoms with Crippen molar-refractivity contribution in [3.63, 3.8) is 0 Å². The van der Waals surface area contributed by atoms with Gasteiger partial charge >= 0.3 is 5.97 Å². The normalized spacial score (nSPS) is 11.0. The lowest BCUT2D eigenvalue weighted by atomic mass is 10.2. The predicted molar refractivity (Wildman–Crippen MR) is 114 cm³/mol. The molecule has 11 heteroatoms. The fourth-order valence-electron chi connectivity index (χ4n) is 2.43. The third kappa shape index (κ3) is 6.16. The Labute approximate surface area is 181 Å². The highest BCUT2D eigenvalue weighted by Crippen LogP contribution is 2.34. The Kier molecular flexibility index (Phi) is 7.15. The van der Waals surface area contributed by atoms with Crippen LogP contribution in [-0.4, -0.2) is 29.7 Å². The smallest absolute Gasteiger partial charge is 0.341 e. The van der Waals surface area contributed by atoms with Gasteiger partial charge in [-0.25, -0.2) is 4.79 Å². The number of ether oxygens (including phenoxy) is 2. The van der Waals surface area contributed by atoms with Gasteiger partial charge in [0.2, 0.25) is 0 Å². The largest absolute Gasteiger partial charge is 0.494 e. The summed E-state index contributed by atoms with van der Waals surface area (Å²) in [5.41, 5.74) is 1.95. The zero-order chi connectivity index (χ0) is 22.9. The maximum Gasteiger partial charge on any atom is 0.341 e. The number of rotatable bonds is 9. The highest BCUT2D eigenvalue weighted by molar-refractivity contribution is 5.68. The zero-order valence-corrected chi connectivity index (χ0v) is 16.8. The molecule has 162 valence electrons. The van der Waals surface area contributed by atoms with Crippen LogP contribution in [0.25, 0.3) is 0 Å². The average molecular weight is 435 g/mol. The summed E-state index contributed by atoms with van der Waals surface area (Å²) in [5, 5.41) is 35.8. The number of nitro benzene ring substituents is 1. The number of azo groups is 2. The molecular weight excluding hydrogens is 418 g/mol. The molecule has 0 saturated heterocycles. The molecule has 0 spiro atoms. The first kappa shape index (κ1) is 22.0. The van der Waals surface area contributed by atoms with Crippen molar-refractivity contribution in [2.24, 2.45) is 20.5 Å². The molecule has 11 nitrogen and oxygen atoms in total. The van der Waals surface area contributed by atoms with Gasteiger partial charge in [0.1, 0.15) is 17.2 Å². The van der Waals surface area contributed by atoms with Crippen LogP contribution in [0.5, 0.6) is 11.5 Å². The average Bonchev–Trinajstić information content (AvgIpc) is 2.81. The summed E-state index contributed by atoms with van der Waals surface area (Å²) in [6.07, 6.45) is 0. The summed E-state index contributed by atoms with van der Waals surface area (Å²) in [5.74, 6) is -0.224. The lowest BCUT2D eigenvalue weighted by Crippen LogP contribution is -2.09. The summed E-state index contributed by atoms with van der Waals surface area (Å²) in [6, 6.07) is 17.1. The van der Waals surface area contributed by atoms with Crippen molar-refractivity contribution in [3.8, 4) is 11.5 Å². The molecule has 3 rings (SSSR count). The minimum absolute atomic E-state index is 0.0252. The van der Waals surface area contributed by atoms with Crippen molar-refractivity contribution in [3.05, 3.63) is 76.8 Å². The molecule has 0 atom stereocenters. The standard InChI is InChI=1S/C21H17N5O6/c1-31-20-12-16(24-22-14-2-7-17(8-3-14)26(29)30)6-11-19(20)25-23-15-4-9-18(10-5-15)32-13-21(27)28/h2-12H,13H2,1H3,(H,27,28). The Hall–Kier alpha value is -4.67. The Bertz CT molecular complexity index is 1160. The van der Waals surface area contributed by atoms with Gasteiger partial charge in [-0.05, 0) is 48.5 Å². The number of nitro groups is 1. The molecule has 0 unspecified atom stereocenters. The summed E-state index contributed by atoms with van der Waals surface area (Å²) in [7, 11) is 1.49. The second kappa shape index (κ2) is 10.4. The highest BCUT2D eigenvalue weighted by atomic mass is 16.6. The molecule has 0 aliphatic heterocycles. The fraction of sp³-hybridized carbons (Fsp3) is 0.0952. The minimum Gasteiger partial charge on any atom is -0.494 e. The van der Waals surface area contributed by atoms with Crippen LogP contribution in [0.3, 0.4) is 0 Å². The van der Waals surface area contributed by atoms with Crippen molar-refractivity contribution in [2.75, 3.05) is 13.7 Å². The molecule has 1 N–H and O–H groups in total. The van der Waals surface area contributed by atoms with Gasteiger partial charge in [0.05, 0.1) is 29.1 Å². The van der Waals surface area contributed by atoms with Crippen molar-refractivity contribution in [2.45, 2.75) is 0 Å². The summed E-state index contributed by atoms with van der Waals surface area (Å²) >= 11 is 0. The number of non-ortho nitro benzene ring substituents is 1. The van der Waals surface area contributed by atoms with Crippen molar-refractivity contribution < 1.29 is 24.3 Å². The number of benzene rings is 3. The minimum atomic E-state index is -1.06. The monoisotopic (exact) mass is 435 g/mol. The molecule has 0 bridgehead atoms. The van der Waals surface area contributed by atoms with E-state index in [4.69, 9.17) is 14.6 Å². The van der Waals surface area contributed by atoms with Crippen LogP contribution in [0.2, 0.25) is 0 Å². The summed E-state index contributed by atoms with van der Waals surface area (Å²) < 4.78 is 10.4. The van der Waals surface area contributed by atoms with E-state index in [-0.39, 0.29) is 5.69 Å². The number of hydrogen-bond acceptors (Lipinski definition) is 9. The molecule has 0 saturated carbocycles. The lowest BCUT2D eigenvalue weighted by molar-refractivity contribution is -0.384. The van der Waals surface area contributed by atoms with Crippen molar-refractivity contribution in [1.29, 1.82) is 0 Å². The molecule has 0 fully saturated rings. The van der Waals surface area contributed by atoms with E-state index in [9.17, 15) is 14.9 Å². The van der Waals surface area contributed by atoms with E-state index in [1.54, 1.807) is 42.5 Å². The maximum absolute atomic E-state index is 10.7. The SMILES string of the molecule is COc1cc(N=Nc2ccc([N+](=O)[O-])cc2)ccc1N=Nc1ccc(OCC(=O)O)cc1. The van der Waals surface area contributed by atoms with Crippen LogP contribution >= 0.6 is 0 Å². The number of carboxylic acid groups (broad SMARTS) is 1. The Balaban J connectivity index is 1.69. The molecule has 0 heterocycles. The van der Waals surface area contributed by atoms with Crippen molar-refractivity contribution >= 4 is 34.4 Å². The van der Waals surface area contributed by atoms with Gasteiger partial charge in [-0.3, -0.25) is 10.1 Å². The number of methoxy groups -OCH3 is 1. The van der Waals surface area contributed by atoms with Crippen LogP contribution in [-0.2, 0) is 4.79 Å². The number of carboxylic acids is 1. The van der Waals surface area contributed by atoms with E-state index >= 15 is 0 Å². The number of aliphatic carboxylic acids is 1. The zero-order valence-electron chi connectivity index (χ0n) is 16.8. The quantitative estimate of drug-likeness (QED) is 0.251. The first-order valence-electron chi connectivity index (χ1n) is 9.15. The fourth-order valence-corrected chi connectivity index (χ4v) is 2.43. The van der Waals surface area contributed by atoms with Crippen LogP contribution in [0.4, 0.5) is 28.4 Å². The second-order valence-corrected chi connectivity index (χ2v) is 6.21. The van der Waals surface area contributed by atoms with Crippen LogP contribution in [0.1, 0.15) is 0 Å². The molecule has 3 aromatic rings. The van der Waals surface area contributed by atoms with Gasteiger partial charge in [-0.15, -0.1) is 5.11 Å². The molecule has 0 aliphatic rings. The van der Waals surface area contributed by atoms with Gasteiger partial charge in [-0.1, -0.05) is 0 Å². The first-order chi connectivity index (χ1) is 15.4. The van der Waals surface area contributed by atoms with E-state index in [0.717, 1.165) is 0 Å². The summed E-state index contributed by atoms with van der Waals surface area (Å²) in [6.45, 7) is -0.425. The molecule has 0 aromatic heterocycles. The Morgan fingerprint density at radius 2 is 1.47 bits per heavy atom. The number of hydrogen-bond donors (Lipinski definition) is 1. The lowest BCUT2D eigenvalue weighted by Gasteiger charge is -2.04. The number of nitrogens with zero attached hydrogens (tertiary/aromatic N) is 5. The van der Waals surface area contributed by atoms with E-state index in [1.165, 1.54) is 31.4 Å². The van der Waals surface area contributed by atoms with Gasteiger partial charge in [0, 0.05) is 18.2 Å². The van der Waals surface area contributed by atoms with E-state index < -0.39 is 17.5 Å². The van der Waals surface area contributed by atoms with E-state index in [0.29, 0.717) is 34.2 Å². The van der Waals surface area contributed by atoms with E-state index in [1.807, 2.05) is 0 Å². The third-order valence-electron chi connectivity index (χ3n) is 3.98. The molecule has 32 heavy (non-hydrogen) atoms. The first-order valence-corrected chi connectivity index (χ1v) is 9.15. The van der Waals surface area contributed by atoms with Gasteiger partial charge < -0.3 is 14.6 Å². The van der Waals surface area contributed by atoms with Crippen LogP contribution < -0.4 is 9.47 Å². The van der Waals surface area contributed by atoms with Gasteiger partial charge in [0.15, 0.2) is 6.61 Å². The Morgan fingerprint density at radius 1 is 0.906 bits per heavy atom.